The van der Waals surface area contributed by atoms with Gasteiger partial charge in [0, 0.05) is 26.2 Å². The largest absolute Gasteiger partial charge is 0.397 e. The summed E-state index contributed by atoms with van der Waals surface area (Å²) in [7, 11) is 3.55. The van der Waals surface area contributed by atoms with E-state index in [1.807, 2.05) is 0 Å². The SMILES string of the molecule is CN(C)C(=O)c1sc(NCC2CC2)c(C2CC2)c1N. The van der Waals surface area contributed by atoms with Crippen LogP contribution in [0, 0.1) is 5.92 Å². The molecular weight excluding hydrogens is 258 g/mol. The fourth-order valence-corrected chi connectivity index (χ4v) is 3.52. The molecule has 5 heteroatoms. The molecule has 0 radical (unpaired) electrons. The van der Waals surface area contributed by atoms with Crippen molar-refractivity contribution in [3.63, 3.8) is 0 Å². The first-order valence-electron chi connectivity index (χ1n) is 6.95. The van der Waals surface area contributed by atoms with E-state index in [1.165, 1.54) is 42.6 Å². The first-order valence-corrected chi connectivity index (χ1v) is 7.77. The van der Waals surface area contributed by atoms with Gasteiger partial charge in [0.15, 0.2) is 0 Å². The highest BCUT2D eigenvalue weighted by atomic mass is 32.1. The Bertz CT molecular complexity index is 501. The second-order valence-corrected chi connectivity index (χ2v) is 6.91. The number of nitrogens with two attached hydrogens (primary N) is 1. The van der Waals surface area contributed by atoms with E-state index < -0.39 is 0 Å². The number of rotatable bonds is 5. The number of anilines is 2. The first kappa shape index (κ1) is 12.8. The van der Waals surface area contributed by atoms with Crippen molar-refractivity contribution >= 4 is 27.9 Å². The molecule has 104 valence electrons. The maximum absolute atomic E-state index is 12.2. The molecule has 2 fully saturated rings. The Morgan fingerprint density at radius 2 is 2.05 bits per heavy atom. The molecule has 3 rings (SSSR count). The molecule has 1 amide bonds. The summed E-state index contributed by atoms with van der Waals surface area (Å²) in [5.74, 6) is 1.41. The molecule has 0 bridgehead atoms. The Morgan fingerprint density at radius 1 is 1.37 bits per heavy atom. The van der Waals surface area contributed by atoms with E-state index in [9.17, 15) is 4.79 Å². The summed E-state index contributed by atoms with van der Waals surface area (Å²) in [5, 5.41) is 4.66. The van der Waals surface area contributed by atoms with Gasteiger partial charge in [0.25, 0.3) is 5.91 Å². The van der Waals surface area contributed by atoms with E-state index >= 15 is 0 Å². The van der Waals surface area contributed by atoms with Crippen molar-refractivity contribution < 1.29 is 4.79 Å². The van der Waals surface area contributed by atoms with Gasteiger partial charge in [-0.25, -0.2) is 0 Å². The lowest BCUT2D eigenvalue weighted by molar-refractivity contribution is 0.0833. The molecule has 2 aliphatic carbocycles. The molecule has 2 aliphatic rings. The summed E-state index contributed by atoms with van der Waals surface area (Å²) in [6, 6.07) is 0. The molecule has 0 aromatic carbocycles. The van der Waals surface area contributed by atoms with Gasteiger partial charge in [-0.2, -0.15) is 0 Å². The first-order chi connectivity index (χ1) is 9.08. The second kappa shape index (κ2) is 4.71. The molecule has 2 saturated carbocycles. The van der Waals surface area contributed by atoms with Gasteiger partial charge in [-0.1, -0.05) is 0 Å². The average Bonchev–Trinajstić information content (AvgIpc) is 3.25. The van der Waals surface area contributed by atoms with E-state index in [1.54, 1.807) is 19.0 Å². The number of nitrogens with zero attached hydrogens (tertiary/aromatic N) is 1. The third kappa shape index (κ3) is 2.56. The number of hydrogen-bond acceptors (Lipinski definition) is 4. The van der Waals surface area contributed by atoms with Gasteiger partial charge in [0.05, 0.1) is 10.7 Å². The quantitative estimate of drug-likeness (QED) is 0.871. The van der Waals surface area contributed by atoms with Gasteiger partial charge in [-0.05, 0) is 37.5 Å². The predicted octanol–water partition coefficient (Wildman–Crippen LogP) is 2.73. The molecule has 0 spiro atoms. The van der Waals surface area contributed by atoms with Gasteiger partial charge in [0.2, 0.25) is 0 Å². The van der Waals surface area contributed by atoms with Gasteiger partial charge < -0.3 is 16.0 Å². The second-order valence-electron chi connectivity index (χ2n) is 5.89. The van der Waals surface area contributed by atoms with Gasteiger partial charge in [0.1, 0.15) is 4.88 Å². The van der Waals surface area contributed by atoms with E-state index in [4.69, 9.17) is 5.73 Å². The summed E-state index contributed by atoms with van der Waals surface area (Å²) in [6.07, 6.45) is 5.06. The van der Waals surface area contributed by atoms with Crippen molar-refractivity contribution in [1.82, 2.24) is 4.90 Å². The van der Waals surface area contributed by atoms with E-state index in [0.717, 1.165) is 17.5 Å². The van der Waals surface area contributed by atoms with Gasteiger partial charge in [-0.15, -0.1) is 11.3 Å². The molecule has 0 atom stereocenters. The van der Waals surface area contributed by atoms with Crippen LogP contribution in [0.3, 0.4) is 0 Å². The van der Waals surface area contributed by atoms with Crippen molar-refractivity contribution in [2.45, 2.75) is 31.6 Å². The minimum Gasteiger partial charge on any atom is -0.397 e. The fourth-order valence-electron chi connectivity index (χ4n) is 2.29. The number of thiophene rings is 1. The summed E-state index contributed by atoms with van der Waals surface area (Å²) < 4.78 is 0. The van der Waals surface area contributed by atoms with E-state index in [-0.39, 0.29) is 5.91 Å². The summed E-state index contributed by atoms with van der Waals surface area (Å²) in [6.45, 7) is 1.02. The summed E-state index contributed by atoms with van der Waals surface area (Å²) in [5.41, 5.74) is 8.15. The normalized spacial score (nSPS) is 18.4. The minimum atomic E-state index is 0.0175. The van der Waals surface area contributed by atoms with Gasteiger partial charge >= 0.3 is 0 Å². The third-order valence-corrected chi connectivity index (χ3v) is 4.98. The van der Waals surface area contributed by atoms with Crippen LogP contribution in [0.1, 0.15) is 46.8 Å². The Hall–Kier alpha value is -1.23. The van der Waals surface area contributed by atoms with Crippen molar-refractivity contribution in [2.75, 3.05) is 31.7 Å². The molecule has 1 heterocycles. The standard InChI is InChI=1S/C14H21N3OS/c1-17(2)14(18)12-11(15)10(9-5-6-9)13(19-12)16-7-8-3-4-8/h8-9,16H,3-7,15H2,1-2H3. The smallest absolute Gasteiger partial charge is 0.265 e. The number of carbonyl (C=O) groups is 1. The Kier molecular flexibility index (Phi) is 3.17. The number of hydrogen-bond donors (Lipinski definition) is 2. The van der Waals surface area contributed by atoms with Crippen LogP contribution in [-0.4, -0.2) is 31.4 Å². The van der Waals surface area contributed by atoms with Crippen molar-refractivity contribution in [3.8, 4) is 0 Å². The molecular formula is C14H21N3OS. The molecule has 0 unspecified atom stereocenters. The minimum absolute atomic E-state index is 0.0175. The van der Waals surface area contributed by atoms with Crippen LogP contribution in [0.2, 0.25) is 0 Å². The number of carbonyl (C=O) groups excluding carboxylic acids is 1. The number of amides is 1. The predicted molar refractivity (Wildman–Crippen MR) is 79.9 cm³/mol. The van der Waals surface area contributed by atoms with Crippen molar-refractivity contribution in [1.29, 1.82) is 0 Å². The maximum Gasteiger partial charge on any atom is 0.265 e. The van der Waals surface area contributed by atoms with Crippen molar-refractivity contribution in [3.05, 3.63) is 10.4 Å². The van der Waals surface area contributed by atoms with Crippen LogP contribution in [-0.2, 0) is 0 Å². The molecule has 19 heavy (non-hydrogen) atoms. The Labute approximate surface area is 118 Å². The van der Waals surface area contributed by atoms with E-state index in [0.29, 0.717) is 16.5 Å². The molecule has 0 saturated heterocycles. The highest BCUT2D eigenvalue weighted by Crippen LogP contribution is 2.51. The lowest BCUT2D eigenvalue weighted by atomic mass is 10.1. The Balaban J connectivity index is 1.87. The zero-order valence-corrected chi connectivity index (χ0v) is 12.3. The lowest BCUT2D eigenvalue weighted by Gasteiger charge is -2.08. The monoisotopic (exact) mass is 279 g/mol. The average molecular weight is 279 g/mol. The van der Waals surface area contributed by atoms with Crippen LogP contribution < -0.4 is 11.1 Å². The van der Waals surface area contributed by atoms with Crippen LogP contribution in [0.25, 0.3) is 0 Å². The number of nitrogen functional groups attached to an aromatic ring is 1. The summed E-state index contributed by atoms with van der Waals surface area (Å²) >= 11 is 1.53. The zero-order chi connectivity index (χ0) is 13.6. The zero-order valence-electron chi connectivity index (χ0n) is 11.5. The molecule has 3 N–H and O–H groups in total. The fraction of sp³-hybridized carbons (Fsp3) is 0.643. The highest BCUT2D eigenvalue weighted by molar-refractivity contribution is 7.18. The highest BCUT2D eigenvalue weighted by Gasteiger charge is 2.33. The molecule has 4 nitrogen and oxygen atoms in total. The van der Waals surface area contributed by atoms with Crippen LogP contribution in [0.15, 0.2) is 0 Å². The molecule has 1 aromatic heterocycles. The third-order valence-electron chi connectivity index (χ3n) is 3.82. The topological polar surface area (TPSA) is 58.4 Å². The van der Waals surface area contributed by atoms with E-state index in [2.05, 4.69) is 5.32 Å². The van der Waals surface area contributed by atoms with Gasteiger partial charge in [-0.3, -0.25) is 4.79 Å². The van der Waals surface area contributed by atoms with Crippen LogP contribution in [0.4, 0.5) is 10.7 Å². The summed E-state index contributed by atoms with van der Waals surface area (Å²) in [4.78, 5) is 14.5. The van der Waals surface area contributed by atoms with Crippen LogP contribution >= 0.6 is 11.3 Å². The Morgan fingerprint density at radius 3 is 2.58 bits per heavy atom. The molecule has 1 aromatic rings. The molecule has 0 aliphatic heterocycles. The van der Waals surface area contributed by atoms with Crippen molar-refractivity contribution in [2.24, 2.45) is 5.92 Å². The lowest BCUT2D eigenvalue weighted by Crippen LogP contribution is -2.21. The maximum atomic E-state index is 12.2. The van der Waals surface area contributed by atoms with Crippen LogP contribution in [0.5, 0.6) is 0 Å². The number of nitrogens with one attached hydrogen (secondary N) is 1.